The molecule has 0 spiro atoms. The number of nitrogens with one attached hydrogen (secondary N) is 1. The smallest absolute Gasteiger partial charge is 0.311 e. The summed E-state index contributed by atoms with van der Waals surface area (Å²) in [5.41, 5.74) is 1.32. The van der Waals surface area contributed by atoms with Crippen molar-refractivity contribution < 1.29 is 14.7 Å². The highest BCUT2D eigenvalue weighted by Crippen LogP contribution is 2.37. The first kappa shape index (κ1) is 15.3. The third-order valence-corrected chi connectivity index (χ3v) is 4.08. The highest BCUT2D eigenvalue weighted by molar-refractivity contribution is 5.92. The lowest BCUT2D eigenvalue weighted by Crippen LogP contribution is -2.40. The third-order valence-electron chi connectivity index (χ3n) is 4.08. The molecule has 2 rings (SSSR count). The van der Waals surface area contributed by atoms with E-state index in [1.165, 1.54) is 6.08 Å². The van der Waals surface area contributed by atoms with E-state index >= 15 is 0 Å². The number of benzene rings is 1. The fraction of sp³-hybridized carbons (Fsp3) is 0.412. The van der Waals surface area contributed by atoms with Crippen LogP contribution in [0.25, 0.3) is 6.08 Å². The summed E-state index contributed by atoms with van der Waals surface area (Å²) in [5, 5.41) is 12.1. The number of hydrogen-bond donors (Lipinski definition) is 2. The predicted octanol–water partition coefficient (Wildman–Crippen LogP) is 2.77. The number of carbonyl (C=O) groups is 2. The van der Waals surface area contributed by atoms with E-state index in [0.29, 0.717) is 12.8 Å². The fourth-order valence-corrected chi connectivity index (χ4v) is 2.78. The molecule has 1 aromatic carbocycles. The van der Waals surface area contributed by atoms with Crippen LogP contribution in [-0.4, -0.2) is 23.5 Å². The van der Waals surface area contributed by atoms with Crippen molar-refractivity contribution in [1.82, 2.24) is 5.32 Å². The number of carboxylic acid groups (broad SMARTS) is 1. The summed E-state index contributed by atoms with van der Waals surface area (Å²) in [5.74, 6) is -1.05. The van der Waals surface area contributed by atoms with Crippen molar-refractivity contribution in [2.24, 2.45) is 5.41 Å². The Morgan fingerprint density at radius 1 is 1.33 bits per heavy atom. The van der Waals surface area contributed by atoms with Gasteiger partial charge in [0.2, 0.25) is 5.91 Å². The Hall–Kier alpha value is -2.10. The molecule has 0 unspecified atom stereocenters. The molecule has 1 saturated carbocycles. The monoisotopic (exact) mass is 287 g/mol. The van der Waals surface area contributed by atoms with Crippen LogP contribution < -0.4 is 5.32 Å². The number of rotatable bonds is 5. The Morgan fingerprint density at radius 2 is 2.05 bits per heavy atom. The number of carbonyl (C=O) groups excluding carboxylic acids is 1. The van der Waals surface area contributed by atoms with E-state index in [2.05, 4.69) is 5.32 Å². The molecular formula is C17H21NO3. The van der Waals surface area contributed by atoms with Gasteiger partial charge in [0.1, 0.15) is 0 Å². The van der Waals surface area contributed by atoms with Gasteiger partial charge in [-0.1, -0.05) is 42.7 Å². The maximum absolute atomic E-state index is 11.8. The molecule has 1 amide bonds. The highest BCUT2D eigenvalue weighted by Gasteiger charge is 2.41. The van der Waals surface area contributed by atoms with Crippen LogP contribution in [0.1, 0.15) is 36.8 Å². The highest BCUT2D eigenvalue weighted by atomic mass is 16.4. The van der Waals surface area contributed by atoms with Crippen molar-refractivity contribution in [3.8, 4) is 0 Å². The molecule has 0 aliphatic heterocycles. The molecular weight excluding hydrogens is 266 g/mol. The molecule has 21 heavy (non-hydrogen) atoms. The Labute approximate surface area is 124 Å². The van der Waals surface area contributed by atoms with Crippen molar-refractivity contribution in [2.45, 2.75) is 32.6 Å². The van der Waals surface area contributed by atoms with Crippen LogP contribution in [0.2, 0.25) is 0 Å². The van der Waals surface area contributed by atoms with Crippen LogP contribution in [0.15, 0.2) is 30.3 Å². The average molecular weight is 287 g/mol. The van der Waals surface area contributed by atoms with Gasteiger partial charge in [-0.05, 0) is 31.4 Å². The van der Waals surface area contributed by atoms with Gasteiger partial charge in [-0.2, -0.15) is 0 Å². The number of aryl methyl sites for hydroxylation is 1. The van der Waals surface area contributed by atoms with Gasteiger partial charge >= 0.3 is 5.97 Å². The van der Waals surface area contributed by atoms with E-state index in [0.717, 1.165) is 24.0 Å². The van der Waals surface area contributed by atoms with Crippen LogP contribution in [0.5, 0.6) is 0 Å². The normalized spacial score (nSPS) is 17.0. The minimum Gasteiger partial charge on any atom is -0.481 e. The number of carboxylic acids is 1. The van der Waals surface area contributed by atoms with Gasteiger partial charge in [-0.25, -0.2) is 0 Å². The zero-order valence-electron chi connectivity index (χ0n) is 12.3. The first-order valence-corrected chi connectivity index (χ1v) is 7.28. The zero-order valence-corrected chi connectivity index (χ0v) is 12.3. The molecule has 1 aromatic rings. The van der Waals surface area contributed by atoms with Gasteiger partial charge in [0.25, 0.3) is 0 Å². The Bertz CT molecular complexity index is 557. The third kappa shape index (κ3) is 3.94. The molecule has 2 N–H and O–H groups in total. The molecule has 1 aliphatic carbocycles. The Kier molecular flexibility index (Phi) is 4.78. The molecule has 1 aliphatic rings. The minimum absolute atomic E-state index is 0.208. The summed E-state index contributed by atoms with van der Waals surface area (Å²) >= 11 is 0. The maximum Gasteiger partial charge on any atom is 0.311 e. The second-order valence-corrected chi connectivity index (χ2v) is 5.76. The molecule has 1 fully saturated rings. The second kappa shape index (κ2) is 6.57. The molecule has 4 nitrogen and oxygen atoms in total. The van der Waals surface area contributed by atoms with Gasteiger partial charge in [-0.15, -0.1) is 0 Å². The van der Waals surface area contributed by atoms with Crippen molar-refractivity contribution in [1.29, 1.82) is 0 Å². The van der Waals surface area contributed by atoms with E-state index < -0.39 is 11.4 Å². The summed E-state index contributed by atoms with van der Waals surface area (Å²) in [6, 6.07) is 7.84. The molecule has 0 atom stereocenters. The summed E-state index contributed by atoms with van der Waals surface area (Å²) in [4.78, 5) is 23.2. The average Bonchev–Trinajstić information content (AvgIpc) is 2.93. The van der Waals surface area contributed by atoms with Gasteiger partial charge in [0.05, 0.1) is 5.41 Å². The Balaban J connectivity index is 1.91. The summed E-state index contributed by atoms with van der Waals surface area (Å²) in [7, 11) is 0. The Morgan fingerprint density at radius 3 is 2.67 bits per heavy atom. The molecule has 112 valence electrons. The van der Waals surface area contributed by atoms with Crippen LogP contribution in [0.3, 0.4) is 0 Å². The van der Waals surface area contributed by atoms with Gasteiger partial charge < -0.3 is 10.4 Å². The van der Waals surface area contributed by atoms with Gasteiger partial charge in [0, 0.05) is 12.6 Å². The molecule has 4 heteroatoms. The molecule has 0 bridgehead atoms. The lowest BCUT2D eigenvalue weighted by Gasteiger charge is -2.23. The van der Waals surface area contributed by atoms with E-state index in [1.54, 1.807) is 6.08 Å². The van der Waals surface area contributed by atoms with Crippen molar-refractivity contribution in [3.05, 3.63) is 41.5 Å². The van der Waals surface area contributed by atoms with Crippen LogP contribution in [0.4, 0.5) is 0 Å². The second-order valence-electron chi connectivity index (χ2n) is 5.76. The zero-order chi connectivity index (χ0) is 15.3. The topological polar surface area (TPSA) is 66.4 Å². The van der Waals surface area contributed by atoms with E-state index in [9.17, 15) is 14.7 Å². The van der Waals surface area contributed by atoms with Crippen molar-refractivity contribution in [3.63, 3.8) is 0 Å². The number of hydrogen-bond acceptors (Lipinski definition) is 2. The fourth-order valence-electron chi connectivity index (χ4n) is 2.78. The predicted molar refractivity (Wildman–Crippen MR) is 81.8 cm³/mol. The van der Waals surface area contributed by atoms with Crippen molar-refractivity contribution in [2.75, 3.05) is 6.54 Å². The quantitative estimate of drug-likeness (QED) is 0.818. The van der Waals surface area contributed by atoms with E-state index in [1.807, 2.05) is 31.2 Å². The first-order chi connectivity index (χ1) is 10.0. The molecule has 0 radical (unpaired) electrons. The van der Waals surface area contributed by atoms with Gasteiger partial charge in [0.15, 0.2) is 0 Å². The van der Waals surface area contributed by atoms with Gasteiger partial charge in [-0.3, -0.25) is 9.59 Å². The van der Waals surface area contributed by atoms with Crippen LogP contribution >= 0.6 is 0 Å². The van der Waals surface area contributed by atoms with Crippen LogP contribution in [-0.2, 0) is 9.59 Å². The van der Waals surface area contributed by atoms with Crippen molar-refractivity contribution >= 4 is 18.0 Å². The lowest BCUT2D eigenvalue weighted by atomic mass is 9.86. The summed E-state index contributed by atoms with van der Waals surface area (Å²) in [6.07, 6.45) is 6.32. The molecule has 0 saturated heterocycles. The SMILES string of the molecule is Cc1cccc(/C=C/C(=O)NCC2(C(=O)O)CCCC2)c1. The van der Waals surface area contributed by atoms with E-state index in [-0.39, 0.29) is 12.5 Å². The maximum atomic E-state index is 11.8. The molecule has 0 heterocycles. The largest absolute Gasteiger partial charge is 0.481 e. The molecule has 0 aromatic heterocycles. The summed E-state index contributed by atoms with van der Waals surface area (Å²) < 4.78 is 0. The number of aliphatic carboxylic acids is 1. The summed E-state index contributed by atoms with van der Waals surface area (Å²) in [6.45, 7) is 2.20. The minimum atomic E-state index is -0.803. The van der Waals surface area contributed by atoms with E-state index in [4.69, 9.17) is 0 Å². The number of amides is 1. The standard InChI is InChI=1S/C17H21NO3/c1-13-5-4-6-14(11-13)7-8-15(19)18-12-17(16(20)21)9-2-3-10-17/h4-8,11H,2-3,9-10,12H2,1H3,(H,18,19)(H,20,21)/b8-7+. The lowest BCUT2D eigenvalue weighted by molar-refractivity contribution is -0.148. The first-order valence-electron chi connectivity index (χ1n) is 7.28. The van der Waals surface area contributed by atoms with Crippen LogP contribution in [0, 0.1) is 12.3 Å².